The lowest BCUT2D eigenvalue weighted by molar-refractivity contribution is -0.141. The maximum absolute atomic E-state index is 10.1. The Kier molecular flexibility index (Phi) is 3.15. The summed E-state index contributed by atoms with van der Waals surface area (Å²) in [5, 5.41) is 0. The Morgan fingerprint density at radius 1 is 1.75 bits per heavy atom. The van der Waals surface area contributed by atoms with Crippen molar-refractivity contribution in [2.24, 2.45) is 0 Å². The van der Waals surface area contributed by atoms with E-state index in [4.69, 9.17) is 14.4 Å². The summed E-state index contributed by atoms with van der Waals surface area (Å²) in [7, 11) is -2.53. The van der Waals surface area contributed by atoms with Crippen LogP contribution in [0.1, 0.15) is 13.8 Å². The summed E-state index contributed by atoms with van der Waals surface area (Å²) in [5.74, 6) is -0.602. The second-order valence-corrected chi connectivity index (χ2v) is 3.72. The zero-order valence-corrected chi connectivity index (χ0v) is 7.91. The molecule has 1 aliphatic heterocycles. The third-order valence-corrected chi connectivity index (χ3v) is 1.81. The Bertz CT molecular complexity index is 181. The molecular weight excluding hydrogens is 183 g/mol. The van der Waals surface area contributed by atoms with Crippen LogP contribution in [0, 0.1) is 0 Å². The average Bonchev–Trinajstić information content (AvgIpc) is 2.26. The Morgan fingerprint density at radius 2 is 2.42 bits per heavy atom. The summed E-state index contributed by atoms with van der Waals surface area (Å²) >= 11 is 0. The van der Waals surface area contributed by atoms with Gasteiger partial charge in [0.05, 0.1) is 6.61 Å². The average molecular weight is 195 g/mol. The third kappa shape index (κ3) is 3.13. The molecule has 1 heterocycles. The van der Waals surface area contributed by atoms with Crippen molar-refractivity contribution < 1.29 is 23.5 Å². The monoisotopic (exact) mass is 195 g/mol. The highest BCUT2D eigenvalue weighted by atomic mass is 31.1. The van der Waals surface area contributed by atoms with Crippen LogP contribution < -0.4 is 0 Å². The fraction of sp³-hybridized carbons (Fsp3) is 1.00. The van der Waals surface area contributed by atoms with E-state index in [0.29, 0.717) is 6.61 Å². The van der Waals surface area contributed by atoms with E-state index < -0.39 is 14.0 Å². The summed E-state index contributed by atoms with van der Waals surface area (Å²) in [4.78, 5) is 8.33. The van der Waals surface area contributed by atoms with Gasteiger partial charge in [0.2, 0.25) is 0 Å². The van der Waals surface area contributed by atoms with Crippen molar-refractivity contribution in [1.82, 2.24) is 0 Å². The third-order valence-electron chi connectivity index (χ3n) is 1.44. The molecule has 0 aliphatic carbocycles. The quantitative estimate of drug-likeness (QED) is 0.675. The van der Waals surface area contributed by atoms with Gasteiger partial charge in [0.1, 0.15) is 12.7 Å². The second-order valence-electron chi connectivity index (χ2n) is 2.98. The van der Waals surface area contributed by atoms with Gasteiger partial charge in [0.15, 0.2) is 5.79 Å². The van der Waals surface area contributed by atoms with Crippen molar-refractivity contribution >= 4 is 8.25 Å². The van der Waals surface area contributed by atoms with E-state index in [1.54, 1.807) is 13.8 Å². The van der Waals surface area contributed by atoms with E-state index >= 15 is 0 Å². The molecule has 70 valence electrons. The molecule has 1 saturated heterocycles. The van der Waals surface area contributed by atoms with E-state index in [0.717, 1.165) is 0 Å². The normalized spacial score (nSPS) is 28.9. The van der Waals surface area contributed by atoms with Gasteiger partial charge in [-0.1, -0.05) is 0 Å². The molecule has 0 bridgehead atoms. The molecular formula is C6H12O5P+. The first-order valence-electron chi connectivity index (χ1n) is 3.60. The molecule has 0 aromatic carbocycles. The van der Waals surface area contributed by atoms with Gasteiger partial charge in [-0.2, -0.15) is 0 Å². The smallest absolute Gasteiger partial charge is 0.348 e. The molecule has 5 nitrogen and oxygen atoms in total. The summed E-state index contributed by atoms with van der Waals surface area (Å²) in [6, 6.07) is 0. The van der Waals surface area contributed by atoms with Gasteiger partial charge in [0, 0.05) is 4.57 Å². The first kappa shape index (κ1) is 10.0. The van der Waals surface area contributed by atoms with Gasteiger partial charge in [-0.3, -0.25) is 0 Å². The fourth-order valence-electron chi connectivity index (χ4n) is 0.992. The van der Waals surface area contributed by atoms with Crippen LogP contribution in [0.4, 0.5) is 0 Å². The Balaban J connectivity index is 2.24. The number of hydrogen-bond donors (Lipinski definition) is 1. The van der Waals surface area contributed by atoms with Gasteiger partial charge < -0.3 is 9.47 Å². The highest BCUT2D eigenvalue weighted by molar-refractivity contribution is 7.32. The molecule has 12 heavy (non-hydrogen) atoms. The number of hydrogen-bond acceptors (Lipinski definition) is 4. The molecule has 1 aliphatic rings. The molecule has 1 rings (SSSR count). The van der Waals surface area contributed by atoms with Gasteiger partial charge in [0.25, 0.3) is 0 Å². The molecule has 0 spiro atoms. The zero-order valence-electron chi connectivity index (χ0n) is 7.02. The van der Waals surface area contributed by atoms with Crippen molar-refractivity contribution in [3.8, 4) is 0 Å². The lowest BCUT2D eigenvalue weighted by Gasteiger charge is -2.15. The minimum absolute atomic E-state index is 0.0924. The highest BCUT2D eigenvalue weighted by Gasteiger charge is 2.34. The largest absolute Gasteiger partial charge is 0.694 e. The lowest BCUT2D eigenvalue weighted by atomic mass is 10.4. The molecule has 1 fully saturated rings. The maximum atomic E-state index is 10.1. The summed E-state index contributed by atoms with van der Waals surface area (Å²) < 4.78 is 25.1. The maximum Gasteiger partial charge on any atom is 0.694 e. The second kappa shape index (κ2) is 3.77. The van der Waals surface area contributed by atoms with Crippen LogP contribution in [0.3, 0.4) is 0 Å². The van der Waals surface area contributed by atoms with Crippen molar-refractivity contribution in [1.29, 1.82) is 0 Å². The Labute approximate surface area is 71.6 Å². The van der Waals surface area contributed by atoms with Gasteiger partial charge in [-0.05, 0) is 13.8 Å². The molecule has 1 unspecified atom stereocenters. The topological polar surface area (TPSA) is 65.0 Å². The molecule has 0 aromatic heterocycles. The van der Waals surface area contributed by atoms with Crippen molar-refractivity contribution in [2.75, 3.05) is 13.2 Å². The van der Waals surface area contributed by atoms with Crippen molar-refractivity contribution in [3.05, 3.63) is 0 Å². The van der Waals surface area contributed by atoms with E-state index in [-0.39, 0.29) is 12.7 Å². The van der Waals surface area contributed by atoms with Crippen LogP contribution >= 0.6 is 8.25 Å². The molecule has 0 aromatic rings. The number of rotatable bonds is 3. The minimum atomic E-state index is -2.53. The molecule has 2 atom stereocenters. The van der Waals surface area contributed by atoms with Crippen LogP contribution in [-0.4, -0.2) is 30.0 Å². The highest BCUT2D eigenvalue weighted by Crippen LogP contribution is 2.24. The number of ether oxygens (including phenoxy) is 2. The summed E-state index contributed by atoms with van der Waals surface area (Å²) in [5.41, 5.74) is 0. The molecule has 0 saturated carbocycles. The predicted molar refractivity (Wildman–Crippen MR) is 40.7 cm³/mol. The molecule has 0 radical (unpaired) electrons. The van der Waals surface area contributed by atoms with Crippen molar-refractivity contribution in [2.45, 2.75) is 25.7 Å². The predicted octanol–water partition coefficient (Wildman–Crippen LogP) is 0.804. The SMILES string of the molecule is CC1(C)OC[C@H](CO[P+](=O)O)O1. The standard InChI is InChI=1S/C6H11O5P/c1-6(2)9-3-5(11-6)4-10-12(7)8/h5H,3-4H2,1-2H3/p+1/t5-/m1/s1. The molecule has 0 amide bonds. The summed E-state index contributed by atoms with van der Waals surface area (Å²) in [6.45, 7) is 4.06. The first-order valence-corrected chi connectivity index (χ1v) is 4.73. The van der Waals surface area contributed by atoms with Crippen molar-refractivity contribution in [3.63, 3.8) is 0 Å². The van der Waals surface area contributed by atoms with E-state index in [9.17, 15) is 4.57 Å². The Hall–Kier alpha value is -0.0600. The molecule has 6 heteroatoms. The van der Waals surface area contributed by atoms with Crippen LogP contribution in [0.25, 0.3) is 0 Å². The van der Waals surface area contributed by atoms with Crippen LogP contribution in [0.2, 0.25) is 0 Å². The fourth-order valence-corrected chi connectivity index (χ4v) is 1.29. The van der Waals surface area contributed by atoms with E-state index in [2.05, 4.69) is 4.52 Å². The molecule has 1 N–H and O–H groups in total. The van der Waals surface area contributed by atoms with Gasteiger partial charge in [-0.15, -0.1) is 9.42 Å². The summed E-state index contributed by atoms with van der Waals surface area (Å²) in [6.07, 6.45) is -0.244. The zero-order chi connectivity index (χ0) is 9.19. The van der Waals surface area contributed by atoms with Crippen LogP contribution in [0.15, 0.2) is 0 Å². The van der Waals surface area contributed by atoms with Crippen LogP contribution in [-0.2, 0) is 18.6 Å². The minimum Gasteiger partial charge on any atom is -0.348 e. The van der Waals surface area contributed by atoms with E-state index in [1.165, 1.54) is 0 Å². The Morgan fingerprint density at radius 3 is 2.83 bits per heavy atom. The van der Waals surface area contributed by atoms with E-state index in [1.807, 2.05) is 0 Å². The van der Waals surface area contributed by atoms with Crippen LogP contribution in [0.5, 0.6) is 0 Å². The first-order chi connectivity index (χ1) is 5.49. The van der Waals surface area contributed by atoms with Gasteiger partial charge >= 0.3 is 8.25 Å². The lowest BCUT2D eigenvalue weighted by Crippen LogP contribution is -2.23. The van der Waals surface area contributed by atoms with Gasteiger partial charge in [-0.25, -0.2) is 0 Å².